The van der Waals surface area contributed by atoms with Gasteiger partial charge in [0.2, 0.25) is 10.0 Å². The van der Waals surface area contributed by atoms with Crippen LogP contribution in [-0.4, -0.2) is 66.8 Å². The smallest absolute Gasteiger partial charge is 0.298 e. The molecule has 11 nitrogen and oxygen atoms in total. The van der Waals surface area contributed by atoms with E-state index in [0.717, 1.165) is 6.26 Å². The minimum atomic E-state index is -3.66. The van der Waals surface area contributed by atoms with Crippen molar-refractivity contribution in [2.45, 2.75) is 18.0 Å². The highest BCUT2D eigenvalue weighted by molar-refractivity contribution is 7.88. The molecule has 6 rings (SSSR count). The summed E-state index contributed by atoms with van der Waals surface area (Å²) in [7, 11) is -2.26. The summed E-state index contributed by atoms with van der Waals surface area (Å²) in [4.78, 5) is 28.7. The number of hydrogen-bond acceptors (Lipinski definition) is 7. The molecule has 1 fully saturated rings. The lowest BCUT2D eigenvalue weighted by Crippen LogP contribution is -2.51. The molecule has 0 radical (unpaired) electrons. The number of halogens is 2. The molecule has 0 spiro atoms. The van der Waals surface area contributed by atoms with Gasteiger partial charge in [-0.3, -0.25) is 14.3 Å². The van der Waals surface area contributed by atoms with Gasteiger partial charge < -0.3 is 15.0 Å². The molecule has 4 aromatic rings. The van der Waals surface area contributed by atoms with Gasteiger partial charge in [0.15, 0.2) is 5.69 Å². The topological polar surface area (TPSA) is 138 Å². The van der Waals surface area contributed by atoms with Gasteiger partial charge in [0.1, 0.15) is 11.8 Å². The number of nitrogens with zero attached hydrogens (tertiary/aromatic N) is 5. The predicted octanol–water partition coefficient (Wildman–Crippen LogP) is 4.00. The van der Waals surface area contributed by atoms with Crippen LogP contribution in [0.2, 0.25) is 0 Å². The van der Waals surface area contributed by atoms with E-state index in [1.54, 1.807) is 6.07 Å². The number of amides is 2. The van der Waals surface area contributed by atoms with E-state index >= 15 is 8.78 Å². The second-order valence-electron chi connectivity index (χ2n) is 10.7. The summed E-state index contributed by atoms with van der Waals surface area (Å²) in [5.74, 6) is -4.23. The molecule has 14 heteroatoms. The first-order chi connectivity index (χ1) is 21.4. The molecule has 1 N–H and O–H groups in total. The largest absolute Gasteiger partial charge is 0.495 e. The Balaban J connectivity index is 1.37. The molecular weight excluding hydrogens is 606 g/mol. The summed E-state index contributed by atoms with van der Waals surface area (Å²) in [5.41, 5.74) is 0.132. The number of carbonyl (C=O) groups is 2. The van der Waals surface area contributed by atoms with E-state index in [4.69, 9.17) is 4.74 Å². The minimum absolute atomic E-state index is 0.00349. The molecule has 1 saturated heterocycles. The second-order valence-corrected chi connectivity index (χ2v) is 12.7. The van der Waals surface area contributed by atoms with Gasteiger partial charge in [-0.2, -0.15) is 23.4 Å². The van der Waals surface area contributed by atoms with Crippen LogP contribution in [0, 0.1) is 11.3 Å². The van der Waals surface area contributed by atoms with Crippen LogP contribution in [0.1, 0.15) is 43.6 Å². The van der Waals surface area contributed by atoms with E-state index in [1.807, 2.05) is 6.07 Å². The summed E-state index contributed by atoms with van der Waals surface area (Å²) in [5, 5.41) is 16.4. The van der Waals surface area contributed by atoms with Gasteiger partial charge >= 0.3 is 0 Å². The van der Waals surface area contributed by atoms with Crippen LogP contribution >= 0.6 is 0 Å². The van der Waals surface area contributed by atoms with Crippen LogP contribution < -0.4 is 15.0 Å². The summed E-state index contributed by atoms with van der Waals surface area (Å²) in [6.45, 7) is -0.0372. The van der Waals surface area contributed by atoms with E-state index < -0.39 is 39.8 Å². The van der Waals surface area contributed by atoms with Crippen molar-refractivity contribution in [2.24, 2.45) is 0 Å². The Hall–Kier alpha value is -5.13. The van der Waals surface area contributed by atoms with Crippen LogP contribution in [0.25, 0.3) is 0 Å². The first kappa shape index (κ1) is 29.9. The van der Waals surface area contributed by atoms with Crippen LogP contribution in [0.3, 0.4) is 0 Å². The Morgan fingerprint density at radius 2 is 1.71 bits per heavy atom. The minimum Gasteiger partial charge on any atom is -0.495 e. The number of aromatic nitrogens is 2. The van der Waals surface area contributed by atoms with Gasteiger partial charge in [0.25, 0.3) is 17.7 Å². The number of anilines is 2. The Kier molecular flexibility index (Phi) is 7.38. The highest BCUT2D eigenvalue weighted by Crippen LogP contribution is 2.41. The van der Waals surface area contributed by atoms with Crippen LogP contribution in [0.4, 0.5) is 20.2 Å². The van der Waals surface area contributed by atoms with Crippen LogP contribution in [-0.2, 0) is 15.9 Å². The zero-order valence-electron chi connectivity index (χ0n) is 24.0. The standard InChI is InChI=1S/C31H26F2N6O5S/c1-44-27-13-8-19(14-20(27)15-34)29(40)36-24-16-35-39-26-18-37(45(2,42)43)17-25(26)38(30(41)28(24)39)23-11-9-22(10-12-23)31(32,33)21-6-4-3-5-7-21/h3-14,16,25-26H,17-18H2,1-2H3,(H,36,40)/t25-,26-/m0/s1. The van der Waals surface area contributed by atoms with Gasteiger partial charge in [-0.1, -0.05) is 42.5 Å². The lowest BCUT2D eigenvalue weighted by Gasteiger charge is -2.37. The normalized spacial score (nSPS) is 18.2. The van der Waals surface area contributed by atoms with Gasteiger partial charge in [-0.15, -0.1) is 0 Å². The maximum absolute atomic E-state index is 15.3. The highest BCUT2D eigenvalue weighted by atomic mass is 32.2. The van der Waals surface area contributed by atoms with Crippen molar-refractivity contribution >= 4 is 33.2 Å². The summed E-state index contributed by atoms with van der Waals surface area (Å²) in [6, 6.07) is 17.5. The van der Waals surface area contributed by atoms with Gasteiger partial charge in [0, 0.05) is 35.5 Å². The number of methoxy groups -OCH3 is 1. The lowest BCUT2D eigenvalue weighted by molar-refractivity contribution is 0.0428. The first-order valence-electron chi connectivity index (χ1n) is 13.7. The van der Waals surface area contributed by atoms with E-state index in [0.29, 0.717) is 0 Å². The molecule has 1 aromatic heterocycles. The zero-order chi connectivity index (χ0) is 32.1. The molecular formula is C31H26F2N6O5S. The molecule has 3 aromatic carbocycles. The zero-order valence-corrected chi connectivity index (χ0v) is 24.8. The number of benzene rings is 3. The summed E-state index contributed by atoms with van der Waals surface area (Å²) in [6.07, 6.45) is 2.37. The third kappa shape index (κ3) is 5.19. The molecule has 230 valence electrons. The average molecular weight is 633 g/mol. The SMILES string of the molecule is COc1ccc(C(=O)Nc2cnn3c2C(=O)N(c2ccc(C(F)(F)c4ccccc4)cc2)[C@H]2CN(S(C)(=O)=O)C[C@@H]23)cc1C#N. The molecule has 2 atom stereocenters. The Labute approximate surface area is 257 Å². The average Bonchev–Trinajstić information content (AvgIpc) is 3.67. The van der Waals surface area contributed by atoms with Crippen molar-refractivity contribution in [2.75, 3.05) is 36.7 Å². The first-order valence-corrected chi connectivity index (χ1v) is 15.6. The second kappa shape index (κ2) is 11.1. The maximum atomic E-state index is 15.3. The Bertz CT molecular complexity index is 1960. The fraction of sp³-hybridized carbons (Fsp3) is 0.226. The molecule has 0 saturated carbocycles. The number of rotatable bonds is 7. The van der Waals surface area contributed by atoms with Crippen LogP contribution in [0.15, 0.2) is 79.0 Å². The quantitative estimate of drug-likeness (QED) is 0.325. The molecule has 2 aliphatic heterocycles. The van der Waals surface area contributed by atoms with Crippen molar-refractivity contribution in [3.8, 4) is 11.8 Å². The van der Waals surface area contributed by atoms with E-state index in [1.165, 1.54) is 93.9 Å². The van der Waals surface area contributed by atoms with Crippen molar-refractivity contribution in [3.63, 3.8) is 0 Å². The van der Waals surface area contributed by atoms with Gasteiger partial charge in [-0.05, 0) is 30.3 Å². The number of ether oxygens (including phenoxy) is 1. The number of fused-ring (bicyclic) bond motifs is 3. The number of hydrogen-bond donors (Lipinski definition) is 1. The molecule has 2 amide bonds. The monoisotopic (exact) mass is 632 g/mol. The fourth-order valence-corrected chi connectivity index (χ4v) is 6.62. The molecule has 2 aliphatic rings. The lowest BCUT2D eigenvalue weighted by atomic mass is 9.99. The highest BCUT2D eigenvalue weighted by Gasteiger charge is 2.50. The van der Waals surface area contributed by atoms with Crippen LogP contribution in [0.5, 0.6) is 5.75 Å². The maximum Gasteiger partial charge on any atom is 0.298 e. The summed E-state index contributed by atoms with van der Waals surface area (Å²) < 4.78 is 63.4. The van der Waals surface area contributed by atoms with Crippen molar-refractivity contribution in [3.05, 3.63) is 107 Å². The third-order valence-electron chi connectivity index (χ3n) is 8.03. The molecule has 0 unspecified atom stereocenters. The van der Waals surface area contributed by atoms with Gasteiger partial charge in [-0.25, -0.2) is 8.42 Å². The van der Waals surface area contributed by atoms with E-state index in [9.17, 15) is 23.3 Å². The number of nitriles is 1. The number of sulfonamides is 1. The Morgan fingerprint density at radius 3 is 2.36 bits per heavy atom. The summed E-state index contributed by atoms with van der Waals surface area (Å²) >= 11 is 0. The fourth-order valence-electron chi connectivity index (χ4n) is 5.77. The van der Waals surface area contributed by atoms with Gasteiger partial charge in [0.05, 0.1) is 42.9 Å². The molecule has 45 heavy (non-hydrogen) atoms. The van der Waals surface area contributed by atoms with Crippen molar-refractivity contribution < 1.29 is 31.5 Å². The number of alkyl halides is 2. The van der Waals surface area contributed by atoms with Crippen molar-refractivity contribution in [1.29, 1.82) is 5.26 Å². The number of nitrogens with one attached hydrogen (secondary N) is 1. The number of carbonyl (C=O) groups excluding carboxylic acids is 2. The van der Waals surface area contributed by atoms with E-state index in [2.05, 4.69) is 10.4 Å². The predicted molar refractivity (Wildman–Crippen MR) is 160 cm³/mol. The molecule has 3 heterocycles. The van der Waals surface area contributed by atoms with Crippen molar-refractivity contribution in [1.82, 2.24) is 14.1 Å². The third-order valence-corrected chi connectivity index (χ3v) is 9.27. The molecule has 0 aliphatic carbocycles. The Morgan fingerprint density at radius 1 is 1.04 bits per heavy atom. The van der Waals surface area contributed by atoms with E-state index in [-0.39, 0.29) is 58.2 Å². The molecule has 0 bridgehead atoms.